The van der Waals surface area contributed by atoms with E-state index in [1.165, 1.54) is 18.4 Å². The SMILES string of the molecule is O=S(=O)(O)c1cc(N2CCNCC2)c2occc2c1. The van der Waals surface area contributed by atoms with Crippen LogP contribution in [0.4, 0.5) is 5.69 Å². The lowest BCUT2D eigenvalue weighted by molar-refractivity contribution is 0.483. The number of piperazine rings is 1. The molecular formula is C12H14N2O4S. The molecule has 2 aromatic rings. The first-order valence-electron chi connectivity index (χ1n) is 6.00. The van der Waals surface area contributed by atoms with E-state index < -0.39 is 10.1 Å². The third-order valence-corrected chi connectivity index (χ3v) is 4.09. The molecule has 0 aliphatic carbocycles. The zero-order valence-electron chi connectivity index (χ0n) is 10.2. The van der Waals surface area contributed by atoms with Crippen molar-refractivity contribution in [3.63, 3.8) is 0 Å². The molecule has 1 aliphatic rings. The first kappa shape index (κ1) is 12.5. The summed E-state index contributed by atoms with van der Waals surface area (Å²) in [6.45, 7) is 3.20. The van der Waals surface area contributed by atoms with Gasteiger partial charge in [0.15, 0.2) is 5.58 Å². The number of anilines is 1. The lowest BCUT2D eigenvalue weighted by atomic mass is 10.2. The molecule has 0 unspecified atom stereocenters. The summed E-state index contributed by atoms with van der Waals surface area (Å²) in [5, 5.41) is 3.90. The summed E-state index contributed by atoms with van der Waals surface area (Å²) < 4.78 is 37.3. The number of furan rings is 1. The van der Waals surface area contributed by atoms with Crippen LogP contribution in [0.25, 0.3) is 11.0 Å². The van der Waals surface area contributed by atoms with Crippen LogP contribution < -0.4 is 10.2 Å². The van der Waals surface area contributed by atoms with Crippen LogP contribution >= 0.6 is 0 Å². The first-order chi connectivity index (χ1) is 9.05. The fourth-order valence-corrected chi connectivity index (χ4v) is 2.86. The molecule has 2 N–H and O–H groups in total. The monoisotopic (exact) mass is 282 g/mol. The number of nitrogens with one attached hydrogen (secondary N) is 1. The molecule has 1 aliphatic heterocycles. The van der Waals surface area contributed by atoms with Gasteiger partial charge in [-0.3, -0.25) is 4.55 Å². The summed E-state index contributed by atoms with van der Waals surface area (Å²) in [6.07, 6.45) is 1.52. The molecule has 6 nitrogen and oxygen atoms in total. The highest BCUT2D eigenvalue weighted by Crippen LogP contribution is 2.31. The smallest absolute Gasteiger partial charge is 0.294 e. The Morgan fingerprint density at radius 1 is 1.26 bits per heavy atom. The molecule has 1 saturated heterocycles. The third-order valence-electron chi connectivity index (χ3n) is 3.26. The molecule has 0 bridgehead atoms. The highest BCUT2D eigenvalue weighted by molar-refractivity contribution is 7.85. The van der Waals surface area contributed by atoms with E-state index in [0.717, 1.165) is 26.2 Å². The van der Waals surface area contributed by atoms with Gasteiger partial charge in [-0.25, -0.2) is 0 Å². The zero-order valence-corrected chi connectivity index (χ0v) is 11.0. The predicted molar refractivity (Wildman–Crippen MR) is 71.1 cm³/mol. The van der Waals surface area contributed by atoms with E-state index in [0.29, 0.717) is 16.7 Å². The van der Waals surface area contributed by atoms with Gasteiger partial charge in [-0.1, -0.05) is 0 Å². The number of hydrogen-bond acceptors (Lipinski definition) is 5. The van der Waals surface area contributed by atoms with E-state index in [1.807, 2.05) is 0 Å². The summed E-state index contributed by atoms with van der Waals surface area (Å²) in [7, 11) is -4.22. The lowest BCUT2D eigenvalue weighted by Gasteiger charge is -2.29. The molecule has 19 heavy (non-hydrogen) atoms. The van der Waals surface area contributed by atoms with E-state index in [4.69, 9.17) is 4.42 Å². The van der Waals surface area contributed by atoms with Gasteiger partial charge >= 0.3 is 0 Å². The Morgan fingerprint density at radius 3 is 2.68 bits per heavy atom. The minimum atomic E-state index is -4.22. The fourth-order valence-electron chi connectivity index (χ4n) is 2.33. The van der Waals surface area contributed by atoms with Crippen LogP contribution in [-0.4, -0.2) is 39.1 Å². The molecule has 1 aromatic heterocycles. The van der Waals surface area contributed by atoms with Gasteiger partial charge in [0.25, 0.3) is 10.1 Å². The van der Waals surface area contributed by atoms with E-state index in [2.05, 4.69) is 10.2 Å². The molecular weight excluding hydrogens is 268 g/mol. The molecule has 0 amide bonds. The van der Waals surface area contributed by atoms with E-state index >= 15 is 0 Å². The molecule has 3 rings (SSSR count). The van der Waals surface area contributed by atoms with Crippen molar-refractivity contribution in [2.24, 2.45) is 0 Å². The molecule has 1 aromatic carbocycles. The van der Waals surface area contributed by atoms with Crippen LogP contribution in [-0.2, 0) is 10.1 Å². The van der Waals surface area contributed by atoms with Crippen molar-refractivity contribution >= 4 is 26.8 Å². The summed E-state index contributed by atoms with van der Waals surface area (Å²) in [5.74, 6) is 0. The second-order valence-corrected chi connectivity index (χ2v) is 5.92. The Labute approximate surface area is 110 Å². The fraction of sp³-hybridized carbons (Fsp3) is 0.333. The van der Waals surface area contributed by atoms with Crippen LogP contribution in [0.2, 0.25) is 0 Å². The maximum atomic E-state index is 11.3. The van der Waals surface area contributed by atoms with E-state index in [1.54, 1.807) is 6.07 Å². The van der Waals surface area contributed by atoms with Gasteiger partial charge in [-0.2, -0.15) is 8.42 Å². The maximum Gasteiger partial charge on any atom is 0.294 e. The van der Waals surface area contributed by atoms with Crippen LogP contribution in [0, 0.1) is 0 Å². The van der Waals surface area contributed by atoms with Gasteiger partial charge in [-0.15, -0.1) is 0 Å². The van der Waals surface area contributed by atoms with Gasteiger partial charge < -0.3 is 14.6 Å². The lowest BCUT2D eigenvalue weighted by Crippen LogP contribution is -2.43. The van der Waals surface area contributed by atoms with Gasteiger partial charge in [-0.05, 0) is 18.2 Å². The Hall–Kier alpha value is -1.57. The first-order valence-corrected chi connectivity index (χ1v) is 7.44. The number of rotatable bonds is 2. The molecule has 0 saturated carbocycles. The molecule has 0 spiro atoms. The maximum absolute atomic E-state index is 11.3. The summed E-state index contributed by atoms with van der Waals surface area (Å²) in [6, 6.07) is 4.57. The van der Waals surface area contributed by atoms with Crippen LogP contribution in [0.15, 0.2) is 33.8 Å². The molecule has 102 valence electrons. The second kappa shape index (κ2) is 4.52. The molecule has 1 fully saturated rings. The number of nitrogens with zero attached hydrogens (tertiary/aromatic N) is 1. The van der Waals surface area contributed by atoms with Gasteiger partial charge in [0.1, 0.15) is 0 Å². The summed E-state index contributed by atoms with van der Waals surface area (Å²) >= 11 is 0. The molecule has 0 atom stereocenters. The largest absolute Gasteiger partial charge is 0.462 e. The quantitative estimate of drug-likeness (QED) is 0.802. The van der Waals surface area contributed by atoms with Crippen molar-refractivity contribution in [2.75, 3.05) is 31.1 Å². The minimum absolute atomic E-state index is 0.102. The number of fused-ring (bicyclic) bond motifs is 1. The van der Waals surface area contributed by atoms with Crippen molar-refractivity contribution in [3.8, 4) is 0 Å². The highest BCUT2D eigenvalue weighted by atomic mass is 32.2. The summed E-state index contributed by atoms with van der Waals surface area (Å²) in [4.78, 5) is 1.95. The van der Waals surface area contributed by atoms with Crippen molar-refractivity contribution in [1.29, 1.82) is 0 Å². The third kappa shape index (κ3) is 2.32. The predicted octanol–water partition coefficient (Wildman–Crippen LogP) is 1.09. The highest BCUT2D eigenvalue weighted by Gasteiger charge is 2.20. The average Bonchev–Trinajstić information content (AvgIpc) is 2.85. The Bertz CT molecular complexity index is 702. The van der Waals surface area contributed by atoms with E-state index in [9.17, 15) is 13.0 Å². The van der Waals surface area contributed by atoms with Crippen LogP contribution in [0.5, 0.6) is 0 Å². The van der Waals surface area contributed by atoms with Gasteiger partial charge in [0.2, 0.25) is 0 Å². The van der Waals surface area contributed by atoms with E-state index in [-0.39, 0.29) is 4.90 Å². The van der Waals surface area contributed by atoms with Crippen LogP contribution in [0.3, 0.4) is 0 Å². The van der Waals surface area contributed by atoms with Crippen molar-refractivity contribution in [1.82, 2.24) is 5.32 Å². The van der Waals surface area contributed by atoms with Crippen molar-refractivity contribution < 1.29 is 17.4 Å². The van der Waals surface area contributed by atoms with Gasteiger partial charge in [0.05, 0.1) is 16.8 Å². The minimum Gasteiger partial charge on any atom is -0.462 e. The Morgan fingerprint density at radius 2 is 2.00 bits per heavy atom. The average molecular weight is 282 g/mol. The van der Waals surface area contributed by atoms with Crippen molar-refractivity contribution in [3.05, 3.63) is 24.5 Å². The second-order valence-electron chi connectivity index (χ2n) is 4.49. The summed E-state index contributed by atoms with van der Waals surface area (Å²) in [5.41, 5.74) is 1.35. The normalized spacial score (nSPS) is 17.0. The standard InChI is InChI=1S/C12H14N2O4S/c15-19(16,17)10-7-9-1-6-18-12(9)11(8-10)14-4-2-13-3-5-14/h1,6-8,13H,2-5H2,(H,15,16,17). The number of hydrogen-bond donors (Lipinski definition) is 2. The number of benzene rings is 1. The molecule has 7 heteroatoms. The molecule has 2 heterocycles. The topological polar surface area (TPSA) is 82.8 Å². The zero-order chi connectivity index (χ0) is 13.5. The Kier molecular flexibility index (Phi) is 2.96. The van der Waals surface area contributed by atoms with Gasteiger partial charge in [0, 0.05) is 31.6 Å². The van der Waals surface area contributed by atoms with Crippen molar-refractivity contribution in [2.45, 2.75) is 4.90 Å². The molecule has 0 radical (unpaired) electrons. The van der Waals surface area contributed by atoms with Crippen LogP contribution in [0.1, 0.15) is 0 Å². The Balaban J connectivity index is 2.18.